The Hall–Kier alpha value is -1.85. The number of ether oxygens (including phenoxy) is 1. The fourth-order valence-electron chi connectivity index (χ4n) is 1.48. The van der Waals surface area contributed by atoms with Crippen molar-refractivity contribution in [2.24, 2.45) is 0 Å². The number of aryl methyl sites for hydroxylation is 2. The molecule has 0 saturated heterocycles. The average Bonchev–Trinajstić information content (AvgIpc) is 2.66. The van der Waals surface area contributed by atoms with E-state index < -0.39 is 17.2 Å². The molecular weight excluding hydrogens is 260 g/mol. The number of hydrogen-bond acceptors (Lipinski definition) is 5. The molecule has 1 unspecified atom stereocenters. The van der Waals surface area contributed by atoms with Gasteiger partial charge in [0.25, 0.3) is 0 Å². The van der Waals surface area contributed by atoms with Crippen LogP contribution in [0.2, 0.25) is 0 Å². The molecule has 1 atom stereocenters. The van der Waals surface area contributed by atoms with Crippen molar-refractivity contribution in [1.29, 1.82) is 0 Å². The number of oxazole rings is 1. The molecule has 0 spiro atoms. The minimum atomic E-state index is -1.30. The third kappa shape index (κ3) is 3.18. The van der Waals surface area contributed by atoms with Crippen LogP contribution in [0.3, 0.4) is 0 Å². The van der Waals surface area contributed by atoms with E-state index in [-0.39, 0.29) is 5.89 Å². The Balaban J connectivity index is 3.10. The van der Waals surface area contributed by atoms with Gasteiger partial charge in [0.2, 0.25) is 5.89 Å². The van der Waals surface area contributed by atoms with E-state index in [1.807, 2.05) is 0 Å². The van der Waals surface area contributed by atoms with Crippen LogP contribution in [0.15, 0.2) is 4.42 Å². The van der Waals surface area contributed by atoms with Gasteiger partial charge in [-0.3, -0.25) is 4.90 Å². The Kier molecular flexibility index (Phi) is 4.27. The minimum Gasteiger partial charge on any atom is -0.444 e. The molecule has 0 saturated carbocycles. The Labute approximate surface area is 119 Å². The van der Waals surface area contributed by atoms with Crippen LogP contribution in [-0.2, 0) is 15.1 Å². The number of rotatable bonds is 3. The second kappa shape index (κ2) is 5.26. The van der Waals surface area contributed by atoms with Gasteiger partial charge in [-0.25, -0.2) is 9.78 Å². The summed E-state index contributed by atoms with van der Waals surface area (Å²) in [6, 6.07) is 0. The molecule has 0 fully saturated rings. The number of carbonyl (C=O) groups excluding carboxylic acids is 2. The van der Waals surface area contributed by atoms with Gasteiger partial charge in [-0.2, -0.15) is 0 Å². The fraction of sp³-hybridized carbons (Fsp3) is 0.643. The molecule has 0 bridgehead atoms. The Morgan fingerprint density at radius 3 is 2.20 bits per heavy atom. The van der Waals surface area contributed by atoms with Gasteiger partial charge in [0, 0.05) is 7.05 Å². The highest BCUT2D eigenvalue weighted by atomic mass is 16.6. The largest absolute Gasteiger partial charge is 0.444 e. The van der Waals surface area contributed by atoms with E-state index in [0.29, 0.717) is 17.7 Å². The van der Waals surface area contributed by atoms with Gasteiger partial charge in [0.1, 0.15) is 11.4 Å². The quantitative estimate of drug-likeness (QED) is 0.797. The lowest BCUT2D eigenvalue weighted by Gasteiger charge is -2.33. The first-order valence-corrected chi connectivity index (χ1v) is 6.39. The van der Waals surface area contributed by atoms with Crippen LogP contribution in [0.5, 0.6) is 0 Å². The van der Waals surface area contributed by atoms with E-state index >= 15 is 0 Å². The number of aromatic nitrogens is 1. The van der Waals surface area contributed by atoms with Gasteiger partial charge in [0.15, 0.2) is 11.8 Å². The number of amides is 1. The number of nitrogens with zero attached hydrogens (tertiary/aromatic N) is 2. The van der Waals surface area contributed by atoms with Crippen LogP contribution in [0.1, 0.15) is 45.0 Å². The predicted molar refractivity (Wildman–Crippen MR) is 73.4 cm³/mol. The molecule has 0 aromatic carbocycles. The average molecular weight is 282 g/mol. The predicted octanol–water partition coefficient (Wildman–Crippen LogP) is 2.57. The smallest absolute Gasteiger partial charge is 0.411 e. The van der Waals surface area contributed by atoms with E-state index in [0.717, 1.165) is 0 Å². The standard InChI is InChI=1S/C14H22N2O4/c1-9-10(2)19-11(15-9)14(6,8-17)16(7)12(18)20-13(3,4)5/h8H,1-7H3. The molecule has 0 aliphatic carbocycles. The molecule has 6 heteroatoms. The highest BCUT2D eigenvalue weighted by molar-refractivity contribution is 5.76. The maximum atomic E-state index is 12.1. The molecule has 0 aliphatic rings. The highest BCUT2D eigenvalue weighted by Crippen LogP contribution is 2.27. The molecule has 0 aliphatic heterocycles. The molecule has 20 heavy (non-hydrogen) atoms. The summed E-state index contributed by atoms with van der Waals surface area (Å²) in [6.45, 7) is 10.4. The summed E-state index contributed by atoms with van der Waals surface area (Å²) >= 11 is 0. The highest BCUT2D eigenvalue weighted by Gasteiger charge is 2.41. The lowest BCUT2D eigenvalue weighted by Crippen LogP contribution is -2.48. The number of likely N-dealkylation sites (N-methyl/N-ethyl adjacent to an activating group) is 1. The monoisotopic (exact) mass is 282 g/mol. The normalized spacial score (nSPS) is 14.6. The molecule has 1 aromatic rings. The summed E-state index contributed by atoms with van der Waals surface area (Å²) in [4.78, 5) is 29.0. The fourth-order valence-corrected chi connectivity index (χ4v) is 1.48. The maximum Gasteiger partial charge on any atom is 0.411 e. The van der Waals surface area contributed by atoms with Crippen LogP contribution in [-0.4, -0.2) is 34.9 Å². The van der Waals surface area contributed by atoms with E-state index in [1.54, 1.807) is 41.5 Å². The van der Waals surface area contributed by atoms with Crippen molar-refractivity contribution in [1.82, 2.24) is 9.88 Å². The first-order valence-electron chi connectivity index (χ1n) is 6.39. The van der Waals surface area contributed by atoms with Crippen molar-refractivity contribution in [2.75, 3.05) is 7.05 Å². The van der Waals surface area contributed by atoms with Crippen LogP contribution in [0, 0.1) is 13.8 Å². The summed E-state index contributed by atoms with van der Waals surface area (Å²) in [5, 5.41) is 0. The zero-order valence-corrected chi connectivity index (χ0v) is 13.1. The van der Waals surface area contributed by atoms with Gasteiger partial charge in [-0.15, -0.1) is 0 Å². The summed E-state index contributed by atoms with van der Waals surface area (Å²) in [7, 11) is 1.48. The number of carbonyl (C=O) groups is 2. The molecule has 1 aromatic heterocycles. The number of aldehydes is 1. The lowest BCUT2D eigenvalue weighted by molar-refractivity contribution is -0.118. The summed E-state index contributed by atoms with van der Waals surface area (Å²) in [6.07, 6.45) is 0.0161. The topological polar surface area (TPSA) is 72.6 Å². The third-order valence-electron chi connectivity index (χ3n) is 3.06. The van der Waals surface area contributed by atoms with E-state index in [9.17, 15) is 9.59 Å². The van der Waals surface area contributed by atoms with E-state index in [2.05, 4.69) is 4.98 Å². The van der Waals surface area contributed by atoms with Crippen LogP contribution in [0.25, 0.3) is 0 Å². The third-order valence-corrected chi connectivity index (χ3v) is 3.06. The van der Waals surface area contributed by atoms with Crippen LogP contribution >= 0.6 is 0 Å². The number of hydrogen-bond donors (Lipinski definition) is 0. The summed E-state index contributed by atoms with van der Waals surface area (Å²) in [5.41, 5.74) is -1.26. The van der Waals surface area contributed by atoms with Gasteiger partial charge in [0.05, 0.1) is 5.69 Å². The van der Waals surface area contributed by atoms with Gasteiger partial charge in [-0.05, 0) is 41.5 Å². The van der Waals surface area contributed by atoms with Gasteiger partial charge >= 0.3 is 6.09 Å². The molecule has 0 N–H and O–H groups in total. The molecule has 1 amide bonds. The molecule has 6 nitrogen and oxygen atoms in total. The second-order valence-electron chi connectivity index (χ2n) is 5.97. The van der Waals surface area contributed by atoms with Crippen molar-refractivity contribution < 1.29 is 18.7 Å². The van der Waals surface area contributed by atoms with Gasteiger partial charge in [-0.1, -0.05) is 0 Å². The molecule has 1 heterocycles. The van der Waals surface area contributed by atoms with Crippen molar-refractivity contribution in [3.05, 3.63) is 17.3 Å². The van der Waals surface area contributed by atoms with E-state index in [1.165, 1.54) is 11.9 Å². The first kappa shape index (κ1) is 16.2. The maximum absolute atomic E-state index is 12.1. The van der Waals surface area contributed by atoms with Crippen molar-refractivity contribution in [2.45, 2.75) is 52.7 Å². The Bertz CT molecular complexity index is 496. The zero-order chi connectivity index (χ0) is 15.7. The Morgan fingerprint density at radius 2 is 1.85 bits per heavy atom. The van der Waals surface area contributed by atoms with Crippen molar-refractivity contribution in [3.8, 4) is 0 Å². The van der Waals surface area contributed by atoms with Crippen LogP contribution < -0.4 is 0 Å². The second-order valence-corrected chi connectivity index (χ2v) is 5.97. The molecular formula is C14H22N2O4. The molecule has 1 rings (SSSR count). The van der Waals surface area contributed by atoms with Crippen molar-refractivity contribution in [3.63, 3.8) is 0 Å². The van der Waals surface area contributed by atoms with E-state index in [4.69, 9.17) is 9.15 Å². The zero-order valence-electron chi connectivity index (χ0n) is 13.1. The summed E-state index contributed by atoms with van der Waals surface area (Å²) < 4.78 is 10.7. The Morgan fingerprint density at radius 1 is 1.30 bits per heavy atom. The summed E-state index contributed by atoms with van der Waals surface area (Å²) in [5.74, 6) is 0.793. The molecule has 0 radical (unpaired) electrons. The first-order chi connectivity index (χ1) is 9.01. The SMILES string of the molecule is Cc1nc(C(C)(C=O)N(C)C(=O)OC(C)(C)C)oc1C. The minimum absolute atomic E-state index is 0.177. The van der Waals surface area contributed by atoms with Crippen LogP contribution in [0.4, 0.5) is 4.79 Å². The van der Waals surface area contributed by atoms with Gasteiger partial charge < -0.3 is 13.9 Å². The van der Waals surface area contributed by atoms with Crippen molar-refractivity contribution >= 4 is 12.4 Å². The lowest BCUT2D eigenvalue weighted by atomic mass is 10.0. The molecule has 112 valence electrons.